The van der Waals surface area contributed by atoms with Crippen molar-refractivity contribution in [3.8, 4) is 11.3 Å². The van der Waals surface area contributed by atoms with Crippen LogP contribution in [0.25, 0.3) is 22.0 Å². The average molecular weight is 418 g/mol. The van der Waals surface area contributed by atoms with E-state index >= 15 is 0 Å². The Morgan fingerprint density at radius 2 is 1.77 bits per heavy atom. The monoisotopic (exact) mass is 418 g/mol. The first-order valence-corrected chi connectivity index (χ1v) is 10.8. The van der Waals surface area contributed by atoms with E-state index in [9.17, 15) is 13.2 Å². The van der Waals surface area contributed by atoms with Gasteiger partial charge in [0, 0.05) is 28.9 Å². The fourth-order valence-electron chi connectivity index (χ4n) is 3.91. The van der Waals surface area contributed by atoms with E-state index in [1.54, 1.807) is 31.3 Å². The van der Waals surface area contributed by atoms with Crippen LogP contribution in [0.1, 0.15) is 15.9 Å². The largest absolute Gasteiger partial charge is 0.311 e. The van der Waals surface area contributed by atoms with Crippen LogP contribution in [0.2, 0.25) is 0 Å². The number of hydrogen-bond acceptors (Lipinski definition) is 4. The number of aromatic nitrogens is 2. The van der Waals surface area contributed by atoms with E-state index in [0.29, 0.717) is 27.6 Å². The Labute approximate surface area is 173 Å². The van der Waals surface area contributed by atoms with Crippen LogP contribution in [0.15, 0.2) is 65.6 Å². The van der Waals surface area contributed by atoms with Gasteiger partial charge in [0.2, 0.25) is 0 Å². The summed E-state index contributed by atoms with van der Waals surface area (Å²) < 4.78 is 29.1. The minimum absolute atomic E-state index is 0.106. The smallest absolute Gasteiger partial charge is 0.263 e. The third-order valence-electron chi connectivity index (χ3n) is 5.47. The van der Waals surface area contributed by atoms with Crippen molar-refractivity contribution in [1.82, 2.24) is 10.2 Å². The highest BCUT2D eigenvalue weighted by Gasteiger charge is 2.30. The van der Waals surface area contributed by atoms with Crippen molar-refractivity contribution in [3.05, 3.63) is 71.8 Å². The van der Waals surface area contributed by atoms with Crippen molar-refractivity contribution in [1.29, 1.82) is 0 Å². The number of amides is 1. The molecule has 150 valence electrons. The number of benzene rings is 3. The highest BCUT2D eigenvalue weighted by atomic mass is 32.2. The van der Waals surface area contributed by atoms with Crippen LogP contribution in [-0.2, 0) is 10.0 Å². The molecule has 1 amide bonds. The van der Waals surface area contributed by atoms with Gasteiger partial charge in [-0.15, -0.1) is 0 Å². The van der Waals surface area contributed by atoms with Crippen molar-refractivity contribution in [3.63, 3.8) is 0 Å². The number of carbonyl (C=O) groups is 1. The highest BCUT2D eigenvalue weighted by Crippen LogP contribution is 2.39. The molecule has 1 aliphatic rings. The Balaban J connectivity index is 1.59. The summed E-state index contributed by atoms with van der Waals surface area (Å²) in [5.74, 6) is 0.0963. The lowest BCUT2D eigenvalue weighted by Gasteiger charge is -2.13. The van der Waals surface area contributed by atoms with Crippen LogP contribution in [0, 0.1) is 6.92 Å². The maximum atomic E-state index is 13.3. The van der Waals surface area contributed by atoms with Gasteiger partial charge < -0.3 is 4.90 Å². The molecular formula is C22H18N4O3S. The zero-order valence-corrected chi connectivity index (χ0v) is 17.1. The zero-order chi connectivity index (χ0) is 21.0. The average Bonchev–Trinajstić information content (AvgIpc) is 3.22. The van der Waals surface area contributed by atoms with Crippen molar-refractivity contribution < 1.29 is 13.2 Å². The molecule has 1 aromatic heterocycles. The van der Waals surface area contributed by atoms with Crippen molar-refractivity contribution in [2.45, 2.75) is 11.8 Å². The fourth-order valence-corrected chi connectivity index (χ4v) is 5.18. The van der Waals surface area contributed by atoms with Crippen LogP contribution < -0.4 is 9.62 Å². The van der Waals surface area contributed by atoms with E-state index < -0.39 is 10.0 Å². The van der Waals surface area contributed by atoms with Crippen LogP contribution in [0.5, 0.6) is 0 Å². The quantitative estimate of drug-likeness (QED) is 0.525. The number of carbonyl (C=O) groups excluding carboxylic acids is 1. The van der Waals surface area contributed by atoms with E-state index in [1.165, 1.54) is 11.0 Å². The van der Waals surface area contributed by atoms with E-state index in [0.717, 1.165) is 11.3 Å². The molecule has 2 N–H and O–H groups in total. The van der Waals surface area contributed by atoms with Crippen molar-refractivity contribution in [2.24, 2.45) is 0 Å². The van der Waals surface area contributed by atoms with E-state index in [4.69, 9.17) is 0 Å². The summed E-state index contributed by atoms with van der Waals surface area (Å²) in [6, 6.07) is 17.9. The maximum Gasteiger partial charge on any atom is 0.263 e. The molecule has 0 fully saturated rings. The lowest BCUT2D eigenvalue weighted by Crippen LogP contribution is -2.20. The van der Waals surface area contributed by atoms with Gasteiger partial charge in [-0.2, -0.15) is 5.10 Å². The highest BCUT2D eigenvalue weighted by molar-refractivity contribution is 7.93. The summed E-state index contributed by atoms with van der Waals surface area (Å²) in [7, 11) is -2.25. The molecule has 0 radical (unpaired) electrons. The molecule has 0 atom stereocenters. The summed E-state index contributed by atoms with van der Waals surface area (Å²) in [4.78, 5) is 14.1. The van der Waals surface area contributed by atoms with Gasteiger partial charge in [0.25, 0.3) is 15.9 Å². The summed E-state index contributed by atoms with van der Waals surface area (Å²) in [5.41, 5.74) is 3.57. The van der Waals surface area contributed by atoms with Gasteiger partial charge in [-0.1, -0.05) is 42.5 Å². The molecule has 5 rings (SSSR count). The Bertz CT molecular complexity index is 1430. The standard InChI is InChI=1S/C22H18N4O3S/c1-13-20(14-7-4-3-5-8-14)23-24-21(13)25-30(28,29)18-12-11-17-19-15(18)9-6-10-16(19)22(27)26(17)2/h3-12H,1-2H3,(H2,23,24,25). The molecule has 0 saturated carbocycles. The molecule has 0 aliphatic carbocycles. The number of hydrogen-bond donors (Lipinski definition) is 2. The third-order valence-corrected chi connectivity index (χ3v) is 6.86. The second-order valence-corrected chi connectivity index (χ2v) is 8.87. The Hall–Kier alpha value is -3.65. The van der Waals surface area contributed by atoms with Crippen molar-refractivity contribution in [2.75, 3.05) is 16.7 Å². The molecular weight excluding hydrogens is 400 g/mol. The minimum Gasteiger partial charge on any atom is -0.311 e. The summed E-state index contributed by atoms with van der Waals surface area (Å²) >= 11 is 0. The van der Waals surface area contributed by atoms with Gasteiger partial charge in [-0.25, -0.2) is 8.42 Å². The van der Waals surface area contributed by atoms with Crippen LogP contribution >= 0.6 is 0 Å². The molecule has 3 aromatic carbocycles. The summed E-state index contributed by atoms with van der Waals surface area (Å²) in [6.45, 7) is 1.81. The van der Waals surface area contributed by atoms with Gasteiger partial charge in [-0.3, -0.25) is 14.6 Å². The number of nitrogens with zero attached hydrogens (tertiary/aromatic N) is 2. The SMILES string of the molecule is Cc1c(NS(=O)(=O)c2ccc3c4c(cccc24)C(=O)N3C)n[nH]c1-c1ccccc1. The second-order valence-electron chi connectivity index (χ2n) is 7.22. The van der Waals surface area contributed by atoms with E-state index in [1.807, 2.05) is 37.3 Å². The van der Waals surface area contributed by atoms with Crippen LogP contribution in [0.3, 0.4) is 0 Å². The molecule has 1 aliphatic heterocycles. The fraction of sp³-hybridized carbons (Fsp3) is 0.0909. The number of anilines is 2. The molecule has 2 heterocycles. The Morgan fingerprint density at radius 3 is 2.53 bits per heavy atom. The predicted molar refractivity (Wildman–Crippen MR) is 116 cm³/mol. The predicted octanol–water partition coefficient (Wildman–Crippen LogP) is 3.93. The van der Waals surface area contributed by atoms with Crippen molar-refractivity contribution >= 4 is 38.2 Å². The molecule has 8 heteroatoms. The van der Waals surface area contributed by atoms with Gasteiger partial charge in [-0.05, 0) is 30.7 Å². The Morgan fingerprint density at radius 1 is 1.00 bits per heavy atom. The lowest BCUT2D eigenvalue weighted by molar-refractivity contribution is 0.0999. The van der Waals surface area contributed by atoms with Gasteiger partial charge >= 0.3 is 0 Å². The third kappa shape index (κ3) is 2.61. The second kappa shape index (κ2) is 6.43. The first-order valence-electron chi connectivity index (χ1n) is 9.35. The van der Waals surface area contributed by atoms with E-state index in [2.05, 4.69) is 14.9 Å². The number of nitrogens with one attached hydrogen (secondary N) is 2. The first-order chi connectivity index (χ1) is 14.4. The van der Waals surface area contributed by atoms with Gasteiger partial charge in [0.05, 0.1) is 16.3 Å². The normalized spacial score (nSPS) is 13.3. The Kier molecular flexibility index (Phi) is 3.94. The molecule has 0 unspecified atom stereocenters. The summed E-state index contributed by atoms with van der Waals surface area (Å²) in [6.07, 6.45) is 0. The molecule has 7 nitrogen and oxygen atoms in total. The summed E-state index contributed by atoms with van der Waals surface area (Å²) in [5, 5.41) is 8.25. The number of H-pyrrole nitrogens is 1. The number of rotatable bonds is 4. The maximum absolute atomic E-state index is 13.3. The first kappa shape index (κ1) is 18.4. The van der Waals surface area contributed by atoms with Crippen LogP contribution in [0.4, 0.5) is 11.5 Å². The number of aromatic amines is 1. The zero-order valence-electron chi connectivity index (χ0n) is 16.3. The van der Waals surface area contributed by atoms with Gasteiger partial charge in [0.15, 0.2) is 5.82 Å². The van der Waals surface area contributed by atoms with Crippen LogP contribution in [-0.4, -0.2) is 31.6 Å². The number of sulfonamides is 1. The molecule has 0 saturated heterocycles. The molecule has 0 spiro atoms. The minimum atomic E-state index is -3.93. The molecule has 0 bridgehead atoms. The molecule has 30 heavy (non-hydrogen) atoms. The molecule has 4 aromatic rings. The van der Waals surface area contributed by atoms with Gasteiger partial charge in [0.1, 0.15) is 0 Å². The lowest BCUT2D eigenvalue weighted by atomic mass is 10.1. The topological polar surface area (TPSA) is 95.2 Å². The van der Waals surface area contributed by atoms with E-state index in [-0.39, 0.29) is 16.6 Å².